The lowest BCUT2D eigenvalue weighted by atomic mass is 10.1. The van der Waals surface area contributed by atoms with Crippen molar-refractivity contribution in [3.8, 4) is 11.5 Å². The van der Waals surface area contributed by atoms with Gasteiger partial charge in [0.15, 0.2) is 0 Å². The molecule has 202 valence electrons. The van der Waals surface area contributed by atoms with Crippen LogP contribution in [0.25, 0.3) is 0 Å². The van der Waals surface area contributed by atoms with Crippen LogP contribution in [0.15, 0.2) is 77.7 Å². The molecule has 0 aliphatic heterocycles. The third-order valence-corrected chi connectivity index (χ3v) is 7.93. The molecule has 3 aromatic rings. The number of hydrogen-bond donors (Lipinski definition) is 1. The van der Waals surface area contributed by atoms with Crippen LogP contribution in [0, 0.1) is 6.92 Å². The summed E-state index contributed by atoms with van der Waals surface area (Å²) in [5.41, 5.74) is 1.99. The molecule has 0 heterocycles. The van der Waals surface area contributed by atoms with Crippen molar-refractivity contribution in [3.05, 3.63) is 83.9 Å². The Hall–Kier alpha value is -4.05. The first-order valence-electron chi connectivity index (χ1n) is 12.0. The number of aryl methyl sites for hydroxylation is 1. The number of amides is 2. The summed E-state index contributed by atoms with van der Waals surface area (Å²) in [6.45, 7) is 3.09. The molecule has 1 atom stereocenters. The lowest BCUT2D eigenvalue weighted by Crippen LogP contribution is -2.50. The Balaban J connectivity index is 2.10. The number of anilines is 1. The van der Waals surface area contributed by atoms with E-state index < -0.39 is 28.5 Å². The number of likely N-dealkylation sites (N-methyl/N-ethyl adjacent to an activating group) is 1. The summed E-state index contributed by atoms with van der Waals surface area (Å²) in [7, 11) is 0.140. The predicted molar refractivity (Wildman–Crippen MR) is 146 cm³/mol. The topological polar surface area (TPSA) is 105 Å². The molecule has 3 rings (SSSR count). The van der Waals surface area contributed by atoms with E-state index in [1.165, 1.54) is 44.4 Å². The van der Waals surface area contributed by atoms with Crippen LogP contribution in [0.4, 0.5) is 5.69 Å². The Kier molecular flexibility index (Phi) is 9.35. The summed E-state index contributed by atoms with van der Waals surface area (Å²) >= 11 is 0. The van der Waals surface area contributed by atoms with Gasteiger partial charge in [-0.2, -0.15) is 0 Å². The molecule has 1 unspecified atom stereocenters. The number of rotatable bonds is 11. The molecule has 1 N–H and O–H groups in total. The maximum atomic E-state index is 13.9. The molecule has 2 amide bonds. The lowest BCUT2D eigenvalue weighted by Gasteiger charge is -2.32. The van der Waals surface area contributed by atoms with Gasteiger partial charge in [0.05, 0.1) is 24.8 Å². The van der Waals surface area contributed by atoms with E-state index in [0.29, 0.717) is 5.75 Å². The average molecular weight is 540 g/mol. The monoisotopic (exact) mass is 539 g/mol. The Morgan fingerprint density at radius 2 is 1.61 bits per heavy atom. The standard InChI is InChI=1S/C28H33N3O6S/c1-20-11-13-22(14-12-20)18-30(21(2)28(33)29-3)27(32)19-31(38(34,35)24-9-7-6-8-10-24)25-17-23(36-4)15-16-26(25)37-5/h6-17,21H,18-19H2,1-5H3,(H,29,33). The van der Waals surface area contributed by atoms with Gasteiger partial charge in [-0.1, -0.05) is 48.0 Å². The second-order valence-electron chi connectivity index (χ2n) is 8.66. The second kappa shape index (κ2) is 12.5. The van der Waals surface area contributed by atoms with Gasteiger partial charge in [0.25, 0.3) is 10.0 Å². The maximum Gasteiger partial charge on any atom is 0.264 e. The highest BCUT2D eigenvalue weighted by atomic mass is 32.2. The molecule has 0 spiro atoms. The fourth-order valence-corrected chi connectivity index (χ4v) is 5.34. The highest BCUT2D eigenvalue weighted by Crippen LogP contribution is 2.36. The van der Waals surface area contributed by atoms with Crippen LogP contribution in [-0.4, -0.2) is 59.0 Å². The van der Waals surface area contributed by atoms with Crippen molar-refractivity contribution in [1.29, 1.82) is 0 Å². The molecule has 3 aromatic carbocycles. The van der Waals surface area contributed by atoms with Crippen LogP contribution in [0.2, 0.25) is 0 Å². The fourth-order valence-electron chi connectivity index (χ4n) is 3.91. The molecule has 0 saturated carbocycles. The zero-order chi connectivity index (χ0) is 27.9. The highest BCUT2D eigenvalue weighted by Gasteiger charge is 2.33. The first-order chi connectivity index (χ1) is 18.1. The molecule has 0 radical (unpaired) electrons. The lowest BCUT2D eigenvalue weighted by molar-refractivity contribution is -0.139. The zero-order valence-electron chi connectivity index (χ0n) is 22.2. The molecule has 10 heteroatoms. The van der Waals surface area contributed by atoms with Gasteiger partial charge in [-0.05, 0) is 43.7 Å². The number of hydrogen-bond acceptors (Lipinski definition) is 6. The summed E-state index contributed by atoms with van der Waals surface area (Å²) in [5, 5.41) is 2.57. The van der Waals surface area contributed by atoms with Gasteiger partial charge in [0.1, 0.15) is 24.1 Å². The van der Waals surface area contributed by atoms with Crippen molar-refractivity contribution in [2.24, 2.45) is 0 Å². The van der Waals surface area contributed by atoms with Crippen LogP contribution in [0.5, 0.6) is 11.5 Å². The van der Waals surface area contributed by atoms with Crippen molar-refractivity contribution < 1.29 is 27.5 Å². The Morgan fingerprint density at radius 1 is 0.947 bits per heavy atom. The number of carbonyl (C=O) groups is 2. The van der Waals surface area contributed by atoms with Crippen molar-refractivity contribution in [1.82, 2.24) is 10.2 Å². The summed E-state index contributed by atoms with van der Waals surface area (Å²) in [6.07, 6.45) is 0. The van der Waals surface area contributed by atoms with Gasteiger partial charge in [-0.3, -0.25) is 13.9 Å². The molecule has 0 aliphatic carbocycles. The summed E-state index contributed by atoms with van der Waals surface area (Å²) < 4.78 is 39.6. The quantitative estimate of drug-likeness (QED) is 0.401. The van der Waals surface area contributed by atoms with Gasteiger partial charge in [0, 0.05) is 19.7 Å². The van der Waals surface area contributed by atoms with E-state index in [0.717, 1.165) is 15.4 Å². The summed E-state index contributed by atoms with van der Waals surface area (Å²) in [4.78, 5) is 27.8. The van der Waals surface area contributed by atoms with Crippen LogP contribution in [-0.2, 0) is 26.2 Å². The highest BCUT2D eigenvalue weighted by molar-refractivity contribution is 7.92. The minimum absolute atomic E-state index is 0.00195. The Labute approximate surface area is 224 Å². The van der Waals surface area contributed by atoms with Crippen molar-refractivity contribution >= 4 is 27.5 Å². The van der Waals surface area contributed by atoms with Crippen molar-refractivity contribution in [2.75, 3.05) is 32.1 Å². The molecule has 0 fully saturated rings. The largest absolute Gasteiger partial charge is 0.497 e. The number of benzene rings is 3. The van der Waals surface area contributed by atoms with Gasteiger partial charge in [-0.25, -0.2) is 8.42 Å². The normalized spacial score (nSPS) is 11.8. The Bertz CT molecular complexity index is 1360. The third-order valence-electron chi connectivity index (χ3n) is 6.15. The molecule has 0 saturated heterocycles. The second-order valence-corrected chi connectivity index (χ2v) is 10.5. The van der Waals surface area contributed by atoms with Crippen LogP contribution >= 0.6 is 0 Å². The smallest absolute Gasteiger partial charge is 0.264 e. The van der Waals surface area contributed by atoms with E-state index in [-0.39, 0.29) is 28.8 Å². The zero-order valence-corrected chi connectivity index (χ0v) is 23.0. The molecular weight excluding hydrogens is 506 g/mol. The van der Waals surface area contributed by atoms with Gasteiger partial charge >= 0.3 is 0 Å². The van der Waals surface area contributed by atoms with Crippen LogP contribution in [0.1, 0.15) is 18.1 Å². The molecule has 0 aliphatic rings. The first kappa shape index (κ1) is 28.5. The predicted octanol–water partition coefficient (Wildman–Crippen LogP) is 3.37. The van der Waals surface area contributed by atoms with E-state index >= 15 is 0 Å². The summed E-state index contributed by atoms with van der Waals surface area (Å²) in [6, 6.07) is 19.2. The molecule has 0 bridgehead atoms. The van der Waals surface area contributed by atoms with Crippen molar-refractivity contribution in [2.45, 2.75) is 31.3 Å². The van der Waals surface area contributed by atoms with Crippen molar-refractivity contribution in [3.63, 3.8) is 0 Å². The number of carbonyl (C=O) groups excluding carboxylic acids is 2. The first-order valence-corrected chi connectivity index (χ1v) is 13.4. The third kappa shape index (κ3) is 6.44. The number of nitrogens with one attached hydrogen (secondary N) is 1. The number of ether oxygens (including phenoxy) is 2. The van der Waals surface area contributed by atoms with E-state index in [1.54, 1.807) is 37.3 Å². The minimum atomic E-state index is -4.22. The van der Waals surface area contributed by atoms with Gasteiger partial charge in [-0.15, -0.1) is 0 Å². The fraction of sp³-hybridized carbons (Fsp3) is 0.286. The van der Waals surface area contributed by atoms with E-state index in [9.17, 15) is 18.0 Å². The Morgan fingerprint density at radius 3 is 2.18 bits per heavy atom. The maximum absolute atomic E-state index is 13.9. The molecule has 9 nitrogen and oxygen atoms in total. The SMILES string of the molecule is CNC(=O)C(C)N(Cc1ccc(C)cc1)C(=O)CN(c1cc(OC)ccc1OC)S(=O)(=O)c1ccccc1. The van der Waals surface area contributed by atoms with E-state index in [4.69, 9.17) is 9.47 Å². The van der Waals surface area contributed by atoms with Crippen LogP contribution in [0.3, 0.4) is 0 Å². The molecule has 38 heavy (non-hydrogen) atoms. The molecular formula is C28H33N3O6S. The van der Waals surface area contributed by atoms with E-state index in [1.807, 2.05) is 31.2 Å². The number of methoxy groups -OCH3 is 2. The van der Waals surface area contributed by atoms with Gasteiger partial charge < -0.3 is 19.7 Å². The summed E-state index contributed by atoms with van der Waals surface area (Å²) in [5.74, 6) is -0.313. The van der Waals surface area contributed by atoms with Gasteiger partial charge in [0.2, 0.25) is 11.8 Å². The number of sulfonamides is 1. The minimum Gasteiger partial charge on any atom is -0.497 e. The van der Waals surface area contributed by atoms with Crippen LogP contribution < -0.4 is 19.1 Å². The molecule has 0 aromatic heterocycles. The average Bonchev–Trinajstić information content (AvgIpc) is 2.94. The number of nitrogens with zero attached hydrogens (tertiary/aromatic N) is 2. The van der Waals surface area contributed by atoms with E-state index in [2.05, 4.69) is 5.32 Å².